The normalized spacial score (nSPS) is 17.4. The molecule has 2 aromatic rings. The van der Waals surface area contributed by atoms with Crippen LogP contribution >= 0.6 is 0 Å². The van der Waals surface area contributed by atoms with Gasteiger partial charge in [0, 0.05) is 31.9 Å². The van der Waals surface area contributed by atoms with Gasteiger partial charge in [0.1, 0.15) is 5.76 Å². The van der Waals surface area contributed by atoms with Crippen molar-refractivity contribution < 1.29 is 4.42 Å². The maximum Gasteiger partial charge on any atom is 0.117 e. The van der Waals surface area contributed by atoms with Gasteiger partial charge < -0.3 is 9.73 Å². The fourth-order valence-corrected chi connectivity index (χ4v) is 2.67. The molecule has 4 heteroatoms. The van der Waals surface area contributed by atoms with E-state index in [4.69, 9.17) is 4.42 Å². The van der Waals surface area contributed by atoms with Crippen LogP contribution < -0.4 is 5.32 Å². The summed E-state index contributed by atoms with van der Waals surface area (Å²) in [4.78, 5) is 6.87. The Morgan fingerprint density at radius 3 is 2.80 bits per heavy atom. The molecule has 0 saturated carbocycles. The lowest BCUT2D eigenvalue weighted by Crippen LogP contribution is -2.41. The van der Waals surface area contributed by atoms with Gasteiger partial charge in [-0.05, 0) is 37.1 Å². The van der Waals surface area contributed by atoms with Gasteiger partial charge >= 0.3 is 0 Å². The summed E-state index contributed by atoms with van der Waals surface area (Å²) in [5.41, 5.74) is 1.16. The molecule has 0 aliphatic carbocycles. The first-order chi connectivity index (χ1) is 9.90. The van der Waals surface area contributed by atoms with E-state index >= 15 is 0 Å². The lowest BCUT2D eigenvalue weighted by molar-refractivity contribution is 0.187. The Labute approximate surface area is 119 Å². The number of aromatic nitrogens is 1. The first-order valence-electron chi connectivity index (χ1n) is 7.28. The Morgan fingerprint density at radius 2 is 2.10 bits per heavy atom. The highest BCUT2D eigenvalue weighted by molar-refractivity contribution is 5.03. The van der Waals surface area contributed by atoms with Crippen LogP contribution in [-0.4, -0.2) is 29.0 Å². The molecule has 3 rings (SSSR count). The molecule has 0 atom stereocenters. The molecule has 2 aromatic heterocycles. The van der Waals surface area contributed by atoms with Gasteiger partial charge in [-0.1, -0.05) is 6.07 Å². The van der Waals surface area contributed by atoms with Gasteiger partial charge in [0.05, 0.1) is 18.5 Å². The monoisotopic (exact) mass is 271 g/mol. The Hall–Kier alpha value is -1.65. The number of furan rings is 1. The summed E-state index contributed by atoms with van der Waals surface area (Å²) in [7, 11) is 0. The molecule has 0 aromatic carbocycles. The van der Waals surface area contributed by atoms with Gasteiger partial charge in [-0.15, -0.1) is 0 Å². The van der Waals surface area contributed by atoms with Crippen LogP contribution in [0.5, 0.6) is 0 Å². The van der Waals surface area contributed by atoms with Crippen molar-refractivity contribution in [1.29, 1.82) is 0 Å². The maximum absolute atomic E-state index is 5.34. The van der Waals surface area contributed by atoms with E-state index in [1.54, 1.807) is 6.26 Å². The van der Waals surface area contributed by atoms with Crippen molar-refractivity contribution in [1.82, 2.24) is 15.2 Å². The van der Waals surface area contributed by atoms with Crippen LogP contribution in [-0.2, 0) is 13.1 Å². The van der Waals surface area contributed by atoms with Crippen LogP contribution in [0.25, 0.3) is 0 Å². The molecule has 0 amide bonds. The van der Waals surface area contributed by atoms with Crippen molar-refractivity contribution in [3.63, 3.8) is 0 Å². The van der Waals surface area contributed by atoms with E-state index in [0.717, 1.165) is 37.6 Å². The van der Waals surface area contributed by atoms with Crippen molar-refractivity contribution in [2.45, 2.75) is 32.0 Å². The summed E-state index contributed by atoms with van der Waals surface area (Å²) in [6, 6.07) is 10.7. The number of nitrogens with zero attached hydrogens (tertiary/aromatic N) is 2. The molecule has 4 nitrogen and oxygen atoms in total. The molecule has 1 N–H and O–H groups in total. The van der Waals surface area contributed by atoms with Crippen molar-refractivity contribution >= 4 is 0 Å². The van der Waals surface area contributed by atoms with Crippen LogP contribution in [0.15, 0.2) is 47.2 Å². The molecule has 0 spiro atoms. The summed E-state index contributed by atoms with van der Waals surface area (Å²) in [6.07, 6.45) is 5.97. The van der Waals surface area contributed by atoms with Gasteiger partial charge in [0.2, 0.25) is 0 Å². The lowest BCUT2D eigenvalue weighted by atomic mass is 10.0. The largest absolute Gasteiger partial charge is 0.468 e. The third kappa shape index (κ3) is 3.68. The number of likely N-dealkylation sites (tertiary alicyclic amines) is 1. The first-order valence-corrected chi connectivity index (χ1v) is 7.28. The third-order valence-electron chi connectivity index (χ3n) is 3.84. The second kappa shape index (κ2) is 6.68. The fourth-order valence-electron chi connectivity index (χ4n) is 2.67. The third-order valence-corrected chi connectivity index (χ3v) is 3.84. The minimum atomic E-state index is 0.597. The molecule has 1 saturated heterocycles. The fraction of sp³-hybridized carbons (Fsp3) is 0.438. The topological polar surface area (TPSA) is 41.3 Å². The molecule has 3 heterocycles. The van der Waals surface area contributed by atoms with E-state index in [2.05, 4.69) is 27.3 Å². The van der Waals surface area contributed by atoms with Crippen LogP contribution in [0.3, 0.4) is 0 Å². The number of piperidine rings is 1. The Balaban J connectivity index is 1.40. The Bertz CT molecular complexity index is 490. The van der Waals surface area contributed by atoms with Gasteiger partial charge in [-0.25, -0.2) is 0 Å². The molecule has 1 aliphatic rings. The Morgan fingerprint density at radius 1 is 1.20 bits per heavy atom. The predicted molar refractivity (Wildman–Crippen MR) is 78.1 cm³/mol. The molecule has 20 heavy (non-hydrogen) atoms. The number of rotatable bonds is 5. The summed E-state index contributed by atoms with van der Waals surface area (Å²) in [6.45, 7) is 4.06. The summed E-state index contributed by atoms with van der Waals surface area (Å²) in [5, 5.41) is 3.57. The van der Waals surface area contributed by atoms with E-state index < -0.39 is 0 Å². The van der Waals surface area contributed by atoms with Crippen LogP contribution in [0.2, 0.25) is 0 Å². The highest BCUT2D eigenvalue weighted by Crippen LogP contribution is 2.13. The number of hydrogen-bond acceptors (Lipinski definition) is 4. The number of hydrogen-bond donors (Lipinski definition) is 1. The molecule has 0 bridgehead atoms. The van der Waals surface area contributed by atoms with Crippen molar-refractivity contribution in [3.05, 3.63) is 54.2 Å². The zero-order valence-corrected chi connectivity index (χ0v) is 11.7. The van der Waals surface area contributed by atoms with Gasteiger partial charge in [-0.3, -0.25) is 9.88 Å². The quantitative estimate of drug-likeness (QED) is 0.907. The van der Waals surface area contributed by atoms with E-state index in [-0.39, 0.29) is 0 Å². The first kappa shape index (κ1) is 13.3. The highest BCUT2D eigenvalue weighted by atomic mass is 16.3. The predicted octanol–water partition coefficient (Wildman–Crippen LogP) is 2.43. The number of nitrogens with one attached hydrogen (secondary N) is 1. The molecule has 0 radical (unpaired) electrons. The van der Waals surface area contributed by atoms with Crippen LogP contribution in [0, 0.1) is 0 Å². The second-order valence-electron chi connectivity index (χ2n) is 5.33. The maximum atomic E-state index is 5.34. The van der Waals surface area contributed by atoms with E-state index in [9.17, 15) is 0 Å². The van der Waals surface area contributed by atoms with Gasteiger partial charge in [-0.2, -0.15) is 0 Å². The van der Waals surface area contributed by atoms with Crippen molar-refractivity contribution in [2.24, 2.45) is 0 Å². The Kier molecular flexibility index (Phi) is 4.46. The highest BCUT2D eigenvalue weighted by Gasteiger charge is 2.19. The van der Waals surface area contributed by atoms with Crippen molar-refractivity contribution in [2.75, 3.05) is 13.1 Å². The van der Waals surface area contributed by atoms with Crippen LogP contribution in [0.4, 0.5) is 0 Å². The van der Waals surface area contributed by atoms with Gasteiger partial charge in [0.25, 0.3) is 0 Å². The summed E-state index contributed by atoms with van der Waals surface area (Å²) in [5.74, 6) is 1.01. The average Bonchev–Trinajstić information content (AvgIpc) is 3.01. The van der Waals surface area contributed by atoms with Gasteiger partial charge in [0.15, 0.2) is 0 Å². The average molecular weight is 271 g/mol. The smallest absolute Gasteiger partial charge is 0.117 e. The molecule has 1 fully saturated rings. The molecule has 1 aliphatic heterocycles. The summed E-state index contributed by atoms with van der Waals surface area (Å²) < 4.78 is 5.34. The summed E-state index contributed by atoms with van der Waals surface area (Å²) >= 11 is 0. The van der Waals surface area contributed by atoms with E-state index in [0.29, 0.717) is 6.04 Å². The number of pyridine rings is 1. The van der Waals surface area contributed by atoms with E-state index in [1.165, 1.54) is 12.8 Å². The minimum absolute atomic E-state index is 0.597. The second-order valence-corrected chi connectivity index (χ2v) is 5.33. The minimum Gasteiger partial charge on any atom is -0.468 e. The molecular formula is C16H21N3O. The molecule has 0 unspecified atom stereocenters. The lowest BCUT2D eigenvalue weighted by Gasteiger charge is -2.32. The van der Waals surface area contributed by atoms with Crippen LogP contribution in [0.1, 0.15) is 24.3 Å². The van der Waals surface area contributed by atoms with E-state index in [1.807, 2.05) is 24.4 Å². The van der Waals surface area contributed by atoms with Crippen molar-refractivity contribution in [3.8, 4) is 0 Å². The molecular weight excluding hydrogens is 250 g/mol. The SMILES string of the molecule is c1ccc(CN2CCC(NCc3ccco3)CC2)nc1. The molecule has 106 valence electrons. The standard InChI is InChI=1S/C16H21N3O/c1-2-8-17-15(4-1)13-19-9-6-14(7-10-19)18-12-16-5-3-11-20-16/h1-5,8,11,14,18H,6-7,9-10,12-13H2. The zero-order chi connectivity index (χ0) is 13.6. The zero-order valence-electron chi connectivity index (χ0n) is 11.7.